The number of methoxy groups -OCH3 is 1. The summed E-state index contributed by atoms with van der Waals surface area (Å²) in [5.41, 5.74) is 0.897. The number of ether oxygens (including phenoxy) is 2. The van der Waals surface area contributed by atoms with Crippen LogP contribution in [0.25, 0.3) is 5.69 Å². The summed E-state index contributed by atoms with van der Waals surface area (Å²) in [6.07, 6.45) is -0.0562. The van der Waals surface area contributed by atoms with E-state index < -0.39 is 0 Å². The van der Waals surface area contributed by atoms with Crippen LogP contribution in [-0.2, 0) is 0 Å². The first kappa shape index (κ1) is 15.8. The predicted molar refractivity (Wildman–Crippen MR) is 90.7 cm³/mol. The second-order valence-electron chi connectivity index (χ2n) is 5.23. The molecule has 0 aliphatic rings. The summed E-state index contributed by atoms with van der Waals surface area (Å²) in [6.45, 7) is 2.55. The molecule has 0 amide bonds. The van der Waals surface area contributed by atoms with Crippen molar-refractivity contribution in [2.45, 2.75) is 13.0 Å². The molecule has 3 aromatic rings. The van der Waals surface area contributed by atoms with Gasteiger partial charge in [-0.1, -0.05) is 23.3 Å². The molecule has 0 radical (unpaired) electrons. The van der Waals surface area contributed by atoms with Crippen molar-refractivity contribution >= 4 is 5.95 Å². The summed E-state index contributed by atoms with van der Waals surface area (Å²) in [4.78, 5) is 0. The van der Waals surface area contributed by atoms with Crippen LogP contribution in [0.15, 0.2) is 54.6 Å². The van der Waals surface area contributed by atoms with E-state index in [1.807, 2.05) is 61.5 Å². The van der Waals surface area contributed by atoms with Crippen LogP contribution >= 0.6 is 0 Å². The van der Waals surface area contributed by atoms with Crippen molar-refractivity contribution in [3.63, 3.8) is 0 Å². The van der Waals surface area contributed by atoms with Crippen molar-refractivity contribution in [3.8, 4) is 17.2 Å². The van der Waals surface area contributed by atoms with Crippen molar-refractivity contribution in [1.29, 1.82) is 0 Å². The lowest BCUT2D eigenvalue weighted by Crippen LogP contribution is -2.24. The second-order valence-corrected chi connectivity index (χ2v) is 5.23. The fourth-order valence-electron chi connectivity index (χ4n) is 2.20. The van der Waals surface area contributed by atoms with Gasteiger partial charge in [0.15, 0.2) is 0 Å². The molecule has 0 fully saturated rings. The first-order valence-electron chi connectivity index (χ1n) is 7.64. The largest absolute Gasteiger partial charge is 0.497 e. The van der Waals surface area contributed by atoms with Crippen LogP contribution < -0.4 is 14.8 Å². The Hall–Kier alpha value is -3.09. The Kier molecular flexibility index (Phi) is 4.90. The minimum absolute atomic E-state index is 0.0562. The van der Waals surface area contributed by atoms with E-state index in [1.54, 1.807) is 11.8 Å². The molecule has 7 nitrogen and oxygen atoms in total. The van der Waals surface area contributed by atoms with Gasteiger partial charge in [-0.25, -0.2) is 0 Å². The molecule has 0 spiro atoms. The van der Waals surface area contributed by atoms with Gasteiger partial charge < -0.3 is 14.8 Å². The zero-order valence-electron chi connectivity index (χ0n) is 13.6. The second kappa shape index (κ2) is 7.45. The number of hydrogen-bond acceptors (Lipinski definition) is 6. The standard InChI is InChI=1S/C17H19N5O2/c1-13(24-16-10-8-15(23-2)9-11-16)12-18-17-19-20-21-22(17)14-6-4-3-5-7-14/h3-11,13H,12H2,1-2H3,(H,18,19,21). The Morgan fingerprint density at radius 3 is 2.46 bits per heavy atom. The predicted octanol–water partition coefficient (Wildman–Crippen LogP) is 2.55. The lowest BCUT2D eigenvalue weighted by Gasteiger charge is -2.16. The Morgan fingerprint density at radius 2 is 1.75 bits per heavy atom. The molecular weight excluding hydrogens is 306 g/mol. The third kappa shape index (κ3) is 3.81. The molecule has 24 heavy (non-hydrogen) atoms. The molecule has 0 aliphatic heterocycles. The molecule has 0 aliphatic carbocycles. The molecule has 1 heterocycles. The summed E-state index contributed by atoms with van der Waals surface area (Å²) in [6, 6.07) is 17.2. The van der Waals surface area contributed by atoms with E-state index in [2.05, 4.69) is 20.8 Å². The summed E-state index contributed by atoms with van der Waals surface area (Å²) in [5, 5.41) is 15.0. The third-order valence-corrected chi connectivity index (χ3v) is 3.41. The highest BCUT2D eigenvalue weighted by Crippen LogP contribution is 2.18. The normalized spacial score (nSPS) is 11.8. The average molecular weight is 325 g/mol. The molecule has 1 atom stereocenters. The Morgan fingerprint density at radius 1 is 1.04 bits per heavy atom. The smallest absolute Gasteiger partial charge is 0.247 e. The molecule has 1 N–H and O–H groups in total. The summed E-state index contributed by atoms with van der Waals surface area (Å²) < 4.78 is 12.6. The van der Waals surface area contributed by atoms with Gasteiger partial charge in [-0.05, 0) is 53.7 Å². The number of anilines is 1. The lowest BCUT2D eigenvalue weighted by molar-refractivity contribution is 0.234. The molecule has 0 bridgehead atoms. The number of benzene rings is 2. The maximum absolute atomic E-state index is 5.86. The van der Waals surface area contributed by atoms with Crippen molar-refractivity contribution in [2.24, 2.45) is 0 Å². The van der Waals surface area contributed by atoms with Crippen LogP contribution in [0.5, 0.6) is 11.5 Å². The zero-order chi connectivity index (χ0) is 16.8. The highest BCUT2D eigenvalue weighted by Gasteiger charge is 2.10. The molecule has 7 heteroatoms. The van der Waals surface area contributed by atoms with Crippen molar-refractivity contribution in [1.82, 2.24) is 20.2 Å². The minimum Gasteiger partial charge on any atom is -0.497 e. The van der Waals surface area contributed by atoms with Crippen LogP contribution in [-0.4, -0.2) is 40.0 Å². The van der Waals surface area contributed by atoms with Gasteiger partial charge in [0.05, 0.1) is 19.3 Å². The monoisotopic (exact) mass is 325 g/mol. The molecule has 2 aromatic carbocycles. The van der Waals surface area contributed by atoms with E-state index >= 15 is 0 Å². The topological polar surface area (TPSA) is 74.1 Å². The average Bonchev–Trinajstić information content (AvgIpc) is 3.10. The molecule has 1 unspecified atom stereocenters. The molecule has 124 valence electrons. The fourth-order valence-corrected chi connectivity index (χ4v) is 2.20. The van der Waals surface area contributed by atoms with E-state index in [-0.39, 0.29) is 6.10 Å². The van der Waals surface area contributed by atoms with E-state index in [1.165, 1.54) is 0 Å². The fraction of sp³-hybridized carbons (Fsp3) is 0.235. The highest BCUT2D eigenvalue weighted by molar-refractivity contribution is 5.38. The number of nitrogens with one attached hydrogen (secondary N) is 1. The molecule has 0 saturated heterocycles. The first-order chi connectivity index (χ1) is 11.8. The number of aromatic nitrogens is 4. The van der Waals surface area contributed by atoms with Gasteiger partial charge in [-0.15, -0.1) is 0 Å². The van der Waals surface area contributed by atoms with Crippen LogP contribution in [0, 0.1) is 0 Å². The Balaban J connectivity index is 1.58. The van der Waals surface area contributed by atoms with Crippen molar-refractivity contribution in [3.05, 3.63) is 54.6 Å². The van der Waals surface area contributed by atoms with Crippen LogP contribution in [0.4, 0.5) is 5.95 Å². The zero-order valence-corrected chi connectivity index (χ0v) is 13.6. The number of para-hydroxylation sites is 1. The SMILES string of the molecule is COc1ccc(OC(C)CNc2nnnn2-c2ccccc2)cc1. The maximum atomic E-state index is 5.86. The molecule has 3 rings (SSSR count). The Bertz CT molecular complexity index is 758. The summed E-state index contributed by atoms with van der Waals surface area (Å²) in [5.74, 6) is 2.16. The summed E-state index contributed by atoms with van der Waals surface area (Å²) in [7, 11) is 1.64. The van der Waals surface area contributed by atoms with Crippen LogP contribution in [0.3, 0.4) is 0 Å². The highest BCUT2D eigenvalue weighted by atomic mass is 16.5. The van der Waals surface area contributed by atoms with Crippen molar-refractivity contribution in [2.75, 3.05) is 19.0 Å². The van der Waals surface area contributed by atoms with Crippen molar-refractivity contribution < 1.29 is 9.47 Å². The van der Waals surface area contributed by atoms with Gasteiger partial charge in [0.1, 0.15) is 17.6 Å². The number of hydrogen-bond donors (Lipinski definition) is 1. The Labute approximate surface area is 140 Å². The minimum atomic E-state index is -0.0562. The van der Waals surface area contributed by atoms with E-state index in [9.17, 15) is 0 Å². The van der Waals surface area contributed by atoms with Gasteiger partial charge in [0, 0.05) is 0 Å². The van der Waals surface area contributed by atoms with Gasteiger partial charge in [0.2, 0.25) is 5.95 Å². The van der Waals surface area contributed by atoms with Gasteiger partial charge in [-0.3, -0.25) is 0 Å². The van der Waals surface area contributed by atoms with E-state index in [0.717, 1.165) is 17.2 Å². The molecular formula is C17H19N5O2. The number of rotatable bonds is 7. The summed E-state index contributed by atoms with van der Waals surface area (Å²) >= 11 is 0. The maximum Gasteiger partial charge on any atom is 0.247 e. The van der Waals surface area contributed by atoms with Gasteiger partial charge >= 0.3 is 0 Å². The van der Waals surface area contributed by atoms with E-state index in [4.69, 9.17) is 9.47 Å². The van der Waals surface area contributed by atoms with Crippen LogP contribution in [0.1, 0.15) is 6.92 Å². The quantitative estimate of drug-likeness (QED) is 0.719. The van der Waals surface area contributed by atoms with E-state index in [0.29, 0.717) is 12.5 Å². The molecule has 1 aromatic heterocycles. The molecule has 0 saturated carbocycles. The number of tetrazole rings is 1. The van der Waals surface area contributed by atoms with Crippen LogP contribution in [0.2, 0.25) is 0 Å². The van der Waals surface area contributed by atoms with Gasteiger partial charge in [0.25, 0.3) is 0 Å². The lowest BCUT2D eigenvalue weighted by atomic mass is 10.3. The number of nitrogens with zero attached hydrogens (tertiary/aromatic N) is 4. The first-order valence-corrected chi connectivity index (χ1v) is 7.64. The van der Waals surface area contributed by atoms with Gasteiger partial charge in [-0.2, -0.15) is 4.68 Å². The third-order valence-electron chi connectivity index (χ3n) is 3.41.